The van der Waals surface area contributed by atoms with Gasteiger partial charge in [0, 0.05) is 21.9 Å². The zero-order valence-corrected chi connectivity index (χ0v) is 16.6. The molecule has 2 heterocycles. The van der Waals surface area contributed by atoms with Gasteiger partial charge in [-0.25, -0.2) is 4.79 Å². The Balaban J connectivity index is 1.67. The van der Waals surface area contributed by atoms with Crippen LogP contribution in [-0.2, 0) is 16.0 Å². The minimum Gasteiger partial charge on any atom is -0.457 e. The van der Waals surface area contributed by atoms with Crippen LogP contribution in [-0.4, -0.2) is 12.8 Å². The number of carbonyl (C=O) groups excluding carboxylic acids is 1. The Morgan fingerprint density at radius 2 is 2.04 bits per heavy atom. The molecule has 0 amide bonds. The van der Waals surface area contributed by atoms with Gasteiger partial charge in [0.15, 0.2) is 0 Å². The van der Waals surface area contributed by atoms with Gasteiger partial charge in [0.1, 0.15) is 17.1 Å². The highest BCUT2D eigenvalue weighted by molar-refractivity contribution is 7.15. The Morgan fingerprint density at radius 1 is 1.19 bits per heavy atom. The quantitative estimate of drug-likeness (QED) is 0.187. The van der Waals surface area contributed by atoms with Crippen molar-refractivity contribution in [3.63, 3.8) is 0 Å². The highest BCUT2D eigenvalue weighted by Crippen LogP contribution is 2.34. The third-order valence-electron chi connectivity index (χ3n) is 4.19. The van der Waals surface area contributed by atoms with Crippen LogP contribution >= 0.6 is 11.3 Å². The minimum atomic E-state index is -0.469. The Hall–Kier alpha value is -2.53. The lowest BCUT2D eigenvalue weighted by Gasteiger charge is -2.06. The lowest BCUT2D eigenvalue weighted by molar-refractivity contribution is -0.145. The Kier molecular flexibility index (Phi) is 6.35. The molecule has 5 heteroatoms. The maximum absolute atomic E-state index is 11.4. The van der Waals surface area contributed by atoms with Crippen molar-refractivity contribution in [2.45, 2.75) is 39.5 Å². The van der Waals surface area contributed by atoms with Crippen molar-refractivity contribution in [2.24, 2.45) is 0 Å². The van der Waals surface area contributed by atoms with E-state index in [0.717, 1.165) is 28.0 Å². The smallest absolute Gasteiger partial charge is 0.335 e. The average Bonchev–Trinajstić information content (AvgIpc) is 3.28. The number of rotatable bonds is 9. The highest BCUT2D eigenvalue weighted by Gasteiger charge is 2.10. The first-order valence-corrected chi connectivity index (χ1v) is 9.96. The van der Waals surface area contributed by atoms with Crippen LogP contribution < -0.4 is 4.74 Å². The molecule has 3 rings (SSSR count). The fraction of sp³-hybridized carbons (Fsp3) is 0.318. The van der Waals surface area contributed by atoms with Crippen LogP contribution in [0.4, 0.5) is 0 Å². The Bertz CT molecular complexity index is 935. The number of thiophene rings is 1. The lowest BCUT2D eigenvalue weighted by atomic mass is 10.2. The number of hydrogen-bond donors (Lipinski definition) is 0. The molecule has 0 saturated carbocycles. The maximum Gasteiger partial charge on any atom is 0.335 e. The number of fused-ring (bicyclic) bond motifs is 1. The molecule has 0 aliphatic carbocycles. The molecule has 2 aromatic heterocycles. The van der Waals surface area contributed by atoms with E-state index >= 15 is 0 Å². The molecule has 142 valence electrons. The van der Waals surface area contributed by atoms with Crippen molar-refractivity contribution in [2.75, 3.05) is 6.79 Å². The van der Waals surface area contributed by atoms with Gasteiger partial charge in [0.2, 0.25) is 6.79 Å². The third-order valence-corrected chi connectivity index (χ3v) is 5.35. The summed E-state index contributed by atoms with van der Waals surface area (Å²) in [5, 5.41) is 1.01. The van der Waals surface area contributed by atoms with Gasteiger partial charge in [-0.05, 0) is 50.1 Å². The predicted octanol–water partition coefficient (Wildman–Crippen LogP) is 6.35. The first-order valence-electron chi connectivity index (χ1n) is 9.15. The first kappa shape index (κ1) is 19.2. The number of esters is 1. The standard InChI is InChI=1S/C22H24O4S/c1-4-5-6-7-18-10-11-21(27-18)20-12-16-8-9-17(13-19(16)26-20)24-14-25-22(23)15(2)3/h8-13H,2,4-7,14H2,1,3H3. The van der Waals surface area contributed by atoms with Crippen molar-refractivity contribution in [1.29, 1.82) is 0 Å². The summed E-state index contributed by atoms with van der Waals surface area (Å²) in [6.07, 6.45) is 4.85. The van der Waals surface area contributed by atoms with Gasteiger partial charge in [0.25, 0.3) is 0 Å². The third kappa shape index (κ3) is 5.01. The fourth-order valence-electron chi connectivity index (χ4n) is 2.69. The van der Waals surface area contributed by atoms with Crippen molar-refractivity contribution < 1.29 is 18.7 Å². The van der Waals surface area contributed by atoms with Gasteiger partial charge in [-0.1, -0.05) is 26.3 Å². The molecule has 0 aliphatic heterocycles. The zero-order valence-electron chi connectivity index (χ0n) is 15.7. The molecular weight excluding hydrogens is 360 g/mol. The summed E-state index contributed by atoms with van der Waals surface area (Å²) in [6.45, 7) is 7.19. The molecule has 1 aromatic carbocycles. The summed E-state index contributed by atoms with van der Waals surface area (Å²) in [5.74, 6) is 0.982. The molecule has 0 radical (unpaired) electrons. The highest BCUT2D eigenvalue weighted by atomic mass is 32.1. The molecule has 0 aliphatic rings. The molecule has 4 nitrogen and oxygen atoms in total. The van der Waals surface area contributed by atoms with Gasteiger partial charge >= 0.3 is 5.97 Å². The summed E-state index contributed by atoms with van der Waals surface area (Å²) in [4.78, 5) is 13.9. The van der Waals surface area contributed by atoms with Crippen LogP contribution in [0.2, 0.25) is 0 Å². The van der Waals surface area contributed by atoms with Gasteiger partial charge < -0.3 is 13.9 Å². The minimum absolute atomic E-state index is 0.156. The molecule has 0 spiro atoms. The van der Waals surface area contributed by atoms with E-state index in [1.165, 1.54) is 24.1 Å². The normalized spacial score (nSPS) is 10.9. The van der Waals surface area contributed by atoms with Crippen LogP contribution in [0.1, 0.15) is 38.0 Å². The topological polar surface area (TPSA) is 48.7 Å². The number of aryl methyl sites for hydroxylation is 1. The van der Waals surface area contributed by atoms with E-state index in [1.807, 2.05) is 24.3 Å². The van der Waals surface area contributed by atoms with Crippen molar-refractivity contribution >= 4 is 28.3 Å². The molecular formula is C22H24O4S. The molecule has 0 fully saturated rings. The fourth-order valence-corrected chi connectivity index (χ4v) is 3.69. The zero-order chi connectivity index (χ0) is 19.2. The average molecular weight is 384 g/mol. The summed E-state index contributed by atoms with van der Waals surface area (Å²) in [6, 6.07) is 11.9. The Morgan fingerprint density at radius 3 is 2.81 bits per heavy atom. The second kappa shape index (κ2) is 8.91. The summed E-state index contributed by atoms with van der Waals surface area (Å²) < 4.78 is 16.4. The van der Waals surface area contributed by atoms with Crippen LogP contribution in [0.25, 0.3) is 21.6 Å². The lowest BCUT2D eigenvalue weighted by Crippen LogP contribution is -2.10. The molecule has 0 saturated heterocycles. The molecule has 0 unspecified atom stereocenters. The number of unbranched alkanes of at least 4 members (excludes halogenated alkanes) is 2. The van der Waals surface area contributed by atoms with E-state index in [4.69, 9.17) is 13.9 Å². The Labute approximate surface area is 163 Å². The predicted molar refractivity (Wildman–Crippen MR) is 109 cm³/mol. The van der Waals surface area contributed by atoms with E-state index in [-0.39, 0.29) is 6.79 Å². The number of furan rings is 1. The molecule has 3 aromatic rings. The van der Waals surface area contributed by atoms with Gasteiger partial charge in [-0.15, -0.1) is 11.3 Å². The van der Waals surface area contributed by atoms with Crippen LogP contribution in [0.3, 0.4) is 0 Å². The van der Waals surface area contributed by atoms with Crippen molar-refractivity contribution in [3.05, 3.63) is 53.4 Å². The van der Waals surface area contributed by atoms with E-state index < -0.39 is 5.97 Å². The number of benzene rings is 1. The van der Waals surface area contributed by atoms with Crippen LogP contribution in [0, 0.1) is 0 Å². The maximum atomic E-state index is 11.4. The van der Waals surface area contributed by atoms with Gasteiger partial charge in [-0.3, -0.25) is 0 Å². The number of hydrogen-bond acceptors (Lipinski definition) is 5. The van der Waals surface area contributed by atoms with Crippen LogP contribution in [0.5, 0.6) is 5.75 Å². The van der Waals surface area contributed by atoms with E-state index in [0.29, 0.717) is 11.3 Å². The largest absolute Gasteiger partial charge is 0.457 e. The second-order valence-electron chi connectivity index (χ2n) is 6.51. The molecule has 0 atom stereocenters. The number of ether oxygens (including phenoxy) is 2. The van der Waals surface area contributed by atoms with Crippen molar-refractivity contribution in [1.82, 2.24) is 0 Å². The van der Waals surface area contributed by atoms with E-state index in [1.54, 1.807) is 18.3 Å². The van der Waals surface area contributed by atoms with Crippen molar-refractivity contribution in [3.8, 4) is 16.4 Å². The summed E-state index contributed by atoms with van der Waals surface area (Å²) in [7, 11) is 0. The molecule has 0 N–H and O–H groups in total. The van der Waals surface area contributed by atoms with E-state index in [9.17, 15) is 4.79 Å². The van der Waals surface area contributed by atoms with E-state index in [2.05, 4.69) is 25.6 Å². The van der Waals surface area contributed by atoms with Gasteiger partial charge in [0.05, 0.1) is 4.88 Å². The van der Waals surface area contributed by atoms with Crippen LogP contribution in [0.15, 0.2) is 53.0 Å². The first-order chi connectivity index (χ1) is 13.1. The number of carbonyl (C=O) groups is 1. The van der Waals surface area contributed by atoms with Gasteiger partial charge in [-0.2, -0.15) is 0 Å². The molecule has 0 bridgehead atoms. The SMILES string of the molecule is C=C(C)C(=O)OCOc1ccc2cc(-c3ccc(CCCCC)s3)oc2c1. The second-order valence-corrected chi connectivity index (χ2v) is 7.68. The molecule has 27 heavy (non-hydrogen) atoms. The summed E-state index contributed by atoms with van der Waals surface area (Å²) in [5.41, 5.74) is 1.09. The monoisotopic (exact) mass is 384 g/mol. The summed E-state index contributed by atoms with van der Waals surface area (Å²) >= 11 is 1.78.